The van der Waals surface area contributed by atoms with Crippen LogP contribution in [-0.4, -0.2) is 34.4 Å². The van der Waals surface area contributed by atoms with Gasteiger partial charge in [-0.1, -0.05) is 27.2 Å². The fourth-order valence-corrected chi connectivity index (χ4v) is 3.92. The van der Waals surface area contributed by atoms with E-state index in [9.17, 15) is 4.79 Å². The summed E-state index contributed by atoms with van der Waals surface area (Å²) in [4.78, 5) is 23.9. The Bertz CT molecular complexity index is 1330. The molecule has 0 radical (unpaired) electrons. The molecule has 2 atom stereocenters. The van der Waals surface area contributed by atoms with Gasteiger partial charge in [0.15, 0.2) is 5.78 Å². The predicted octanol–water partition coefficient (Wildman–Crippen LogP) is 6.44. The Morgan fingerprint density at radius 1 is 1.06 bits per heavy atom. The first-order valence-electron chi connectivity index (χ1n) is 12.0. The highest BCUT2D eigenvalue weighted by atomic mass is 16.5. The van der Waals surface area contributed by atoms with E-state index in [1.165, 1.54) is 0 Å². The van der Waals surface area contributed by atoms with Gasteiger partial charge in [-0.25, -0.2) is 4.98 Å². The molecule has 182 valence electrons. The average molecular weight is 472 g/mol. The molecule has 35 heavy (non-hydrogen) atoms. The number of rotatable bonds is 9. The summed E-state index contributed by atoms with van der Waals surface area (Å²) in [7, 11) is 6.02. The van der Waals surface area contributed by atoms with E-state index < -0.39 is 0 Å². The van der Waals surface area contributed by atoms with E-state index >= 15 is 0 Å². The molecule has 2 heterocycles. The second-order valence-electron chi connectivity index (χ2n) is 9.23. The summed E-state index contributed by atoms with van der Waals surface area (Å²) in [6, 6.07) is 17.5. The van der Waals surface area contributed by atoms with Gasteiger partial charge in [0.2, 0.25) is 5.95 Å². The first-order valence-corrected chi connectivity index (χ1v) is 12.0. The maximum atomic E-state index is 12.8. The van der Waals surface area contributed by atoms with Crippen LogP contribution in [0.15, 0.2) is 60.8 Å². The zero-order chi connectivity index (χ0) is 25.1. The molecule has 2 aromatic carbocycles. The molecular formula is C28H33N5O2. The summed E-state index contributed by atoms with van der Waals surface area (Å²) in [6.07, 6.45) is 2.57. The first kappa shape index (κ1) is 24.3. The summed E-state index contributed by atoms with van der Waals surface area (Å²) in [5, 5.41) is 3.39. The van der Waals surface area contributed by atoms with Crippen LogP contribution in [0.2, 0.25) is 0 Å². The van der Waals surface area contributed by atoms with Gasteiger partial charge in [0.1, 0.15) is 17.2 Å². The van der Waals surface area contributed by atoms with Crippen molar-refractivity contribution in [1.82, 2.24) is 14.5 Å². The van der Waals surface area contributed by atoms with Crippen LogP contribution in [0.5, 0.6) is 11.5 Å². The van der Waals surface area contributed by atoms with Crippen molar-refractivity contribution in [2.75, 3.05) is 24.3 Å². The normalized spacial score (nSPS) is 12.9. The number of fused-ring (bicyclic) bond motifs is 1. The van der Waals surface area contributed by atoms with Gasteiger partial charge in [0.05, 0.1) is 11.0 Å². The van der Waals surface area contributed by atoms with Gasteiger partial charge in [0.25, 0.3) is 0 Å². The highest BCUT2D eigenvalue weighted by molar-refractivity contribution is 5.96. The largest absolute Gasteiger partial charge is 0.457 e. The van der Waals surface area contributed by atoms with Gasteiger partial charge in [-0.15, -0.1) is 0 Å². The second-order valence-corrected chi connectivity index (χ2v) is 9.23. The number of nitrogens with one attached hydrogen (secondary N) is 1. The minimum atomic E-state index is -0.0855. The van der Waals surface area contributed by atoms with Crippen molar-refractivity contribution in [3.8, 4) is 11.5 Å². The van der Waals surface area contributed by atoms with E-state index in [1.54, 1.807) is 18.3 Å². The standard InChI is InChI=1S/C28H33N5O2/c1-7-18(2)19(3)27(34)25-17-23(14-15-29-25)35-22-12-13-26-24(16-22)31-28(33(26)6)30-20-8-10-21(11-9-20)32(4)5/h8-19H,7H2,1-6H3,(H,30,31). The molecule has 7 heteroatoms. The minimum absolute atomic E-state index is 0.0410. The Hall–Kier alpha value is -3.87. The predicted molar refractivity (Wildman–Crippen MR) is 142 cm³/mol. The molecule has 4 rings (SSSR count). The van der Waals surface area contributed by atoms with E-state index in [1.807, 2.05) is 63.0 Å². The highest BCUT2D eigenvalue weighted by Crippen LogP contribution is 2.29. The van der Waals surface area contributed by atoms with Crippen molar-refractivity contribution in [3.63, 3.8) is 0 Å². The third-order valence-electron chi connectivity index (χ3n) is 6.62. The van der Waals surface area contributed by atoms with Gasteiger partial charge >= 0.3 is 0 Å². The van der Waals surface area contributed by atoms with Crippen LogP contribution in [0.1, 0.15) is 37.7 Å². The van der Waals surface area contributed by atoms with Crippen LogP contribution < -0.4 is 15.0 Å². The lowest BCUT2D eigenvalue weighted by atomic mass is 9.88. The van der Waals surface area contributed by atoms with Crippen molar-refractivity contribution in [1.29, 1.82) is 0 Å². The number of carbonyl (C=O) groups excluding carboxylic acids is 1. The van der Waals surface area contributed by atoms with E-state index in [4.69, 9.17) is 9.72 Å². The van der Waals surface area contributed by atoms with Crippen molar-refractivity contribution in [2.45, 2.75) is 27.2 Å². The van der Waals surface area contributed by atoms with Crippen LogP contribution in [0.3, 0.4) is 0 Å². The Labute approximate surface area is 206 Å². The van der Waals surface area contributed by atoms with E-state index in [-0.39, 0.29) is 11.7 Å². The molecule has 2 aromatic heterocycles. The topological polar surface area (TPSA) is 72.3 Å². The number of imidazole rings is 1. The molecule has 0 saturated carbocycles. The van der Waals surface area contributed by atoms with E-state index in [0.717, 1.165) is 34.8 Å². The maximum Gasteiger partial charge on any atom is 0.208 e. The highest BCUT2D eigenvalue weighted by Gasteiger charge is 2.22. The van der Waals surface area contributed by atoms with Gasteiger partial charge in [0, 0.05) is 56.8 Å². The Balaban J connectivity index is 1.53. The minimum Gasteiger partial charge on any atom is -0.457 e. The van der Waals surface area contributed by atoms with E-state index in [2.05, 4.69) is 41.2 Å². The molecule has 0 saturated heterocycles. The van der Waals surface area contributed by atoms with Crippen LogP contribution in [0.4, 0.5) is 17.3 Å². The quantitative estimate of drug-likeness (QED) is 0.283. The van der Waals surface area contributed by atoms with E-state index in [0.29, 0.717) is 23.1 Å². The number of hydrogen-bond acceptors (Lipinski definition) is 6. The molecule has 0 aliphatic rings. The Kier molecular flexibility index (Phi) is 7.05. The van der Waals surface area contributed by atoms with Crippen LogP contribution in [0, 0.1) is 11.8 Å². The molecule has 0 fully saturated rings. The summed E-state index contributed by atoms with van der Waals surface area (Å²) >= 11 is 0. The third-order valence-corrected chi connectivity index (χ3v) is 6.62. The molecule has 4 aromatic rings. The molecule has 0 aliphatic carbocycles. The van der Waals surface area contributed by atoms with Gasteiger partial charge in [-0.05, 0) is 48.4 Å². The van der Waals surface area contributed by atoms with Crippen molar-refractivity contribution >= 4 is 34.1 Å². The number of aromatic nitrogens is 3. The fourth-order valence-electron chi connectivity index (χ4n) is 3.92. The molecule has 1 N–H and O–H groups in total. The summed E-state index contributed by atoms with van der Waals surface area (Å²) in [6.45, 7) is 6.15. The monoisotopic (exact) mass is 471 g/mol. The smallest absolute Gasteiger partial charge is 0.208 e. The summed E-state index contributed by atoms with van der Waals surface area (Å²) < 4.78 is 8.09. The Morgan fingerprint density at radius 2 is 1.77 bits per heavy atom. The molecule has 0 spiro atoms. The number of pyridine rings is 1. The zero-order valence-electron chi connectivity index (χ0n) is 21.2. The number of carbonyl (C=O) groups is 1. The molecule has 0 amide bonds. The van der Waals surface area contributed by atoms with Crippen molar-refractivity contribution in [2.24, 2.45) is 18.9 Å². The lowest BCUT2D eigenvalue weighted by Crippen LogP contribution is -2.19. The third kappa shape index (κ3) is 5.29. The summed E-state index contributed by atoms with van der Waals surface area (Å²) in [5.41, 5.74) is 4.33. The second kappa shape index (κ2) is 10.2. The van der Waals surface area contributed by atoms with Gasteiger partial charge in [-0.3, -0.25) is 9.78 Å². The number of ether oxygens (including phenoxy) is 1. The van der Waals surface area contributed by atoms with Crippen molar-refractivity contribution < 1.29 is 9.53 Å². The van der Waals surface area contributed by atoms with Gasteiger partial charge in [-0.2, -0.15) is 0 Å². The maximum absolute atomic E-state index is 12.8. The zero-order valence-corrected chi connectivity index (χ0v) is 21.2. The SMILES string of the molecule is CCC(C)C(C)C(=O)c1cc(Oc2ccc3c(c2)nc(Nc2ccc(N(C)C)cc2)n3C)ccn1. The number of nitrogens with zero attached hydrogens (tertiary/aromatic N) is 4. The fraction of sp³-hybridized carbons (Fsp3) is 0.321. The van der Waals surface area contributed by atoms with Gasteiger partial charge < -0.3 is 19.5 Å². The number of anilines is 3. The van der Waals surface area contributed by atoms with Crippen LogP contribution >= 0.6 is 0 Å². The molecule has 2 unspecified atom stereocenters. The number of aryl methyl sites for hydroxylation is 1. The van der Waals surface area contributed by atoms with Crippen molar-refractivity contribution in [3.05, 3.63) is 66.5 Å². The first-order chi connectivity index (χ1) is 16.8. The summed E-state index contributed by atoms with van der Waals surface area (Å²) in [5.74, 6) is 2.23. The lowest BCUT2D eigenvalue weighted by molar-refractivity contribution is 0.0886. The molecular weight excluding hydrogens is 438 g/mol. The molecule has 7 nitrogen and oxygen atoms in total. The molecule has 0 bridgehead atoms. The molecule has 0 aliphatic heterocycles. The van der Waals surface area contributed by atoms with Crippen LogP contribution in [0.25, 0.3) is 11.0 Å². The van der Waals surface area contributed by atoms with Crippen LogP contribution in [-0.2, 0) is 7.05 Å². The number of benzene rings is 2. The number of ketones is 1. The lowest BCUT2D eigenvalue weighted by Gasteiger charge is -2.16. The average Bonchev–Trinajstić information content (AvgIpc) is 3.17. The Morgan fingerprint density at radius 3 is 2.46 bits per heavy atom. The number of Topliss-reactive ketones (excluding diaryl/α,β-unsaturated/α-hetero) is 1. The number of hydrogen-bond donors (Lipinski definition) is 1.